The molecule has 0 aliphatic carbocycles. The van der Waals surface area contributed by atoms with Crippen molar-refractivity contribution in [2.24, 2.45) is 5.92 Å². The average Bonchev–Trinajstić information content (AvgIpc) is 2.42. The number of aryl methyl sites for hydroxylation is 2. The fraction of sp³-hybridized carbons (Fsp3) is 0.625. The van der Waals surface area contributed by atoms with Crippen molar-refractivity contribution in [1.29, 1.82) is 0 Å². The first-order valence-corrected chi connectivity index (χ1v) is 9.04. The molecule has 118 valence electrons. The van der Waals surface area contributed by atoms with Crippen molar-refractivity contribution >= 4 is 10.0 Å². The molecular formula is C16H25NO3S. The number of nitrogens with zero attached hydrogens (tertiary/aromatic N) is 1. The molecule has 0 amide bonds. The molecule has 0 saturated carbocycles. The molecule has 1 saturated heterocycles. The number of ether oxygens (including phenoxy) is 1. The first-order chi connectivity index (χ1) is 9.86. The maximum atomic E-state index is 12.9. The molecule has 1 atom stereocenters. The topological polar surface area (TPSA) is 46.6 Å². The summed E-state index contributed by atoms with van der Waals surface area (Å²) in [5, 5.41) is 0. The van der Waals surface area contributed by atoms with Crippen molar-refractivity contribution in [3.8, 4) is 5.75 Å². The second-order valence-corrected chi connectivity index (χ2v) is 7.83. The van der Waals surface area contributed by atoms with Crippen LogP contribution in [-0.4, -0.2) is 32.4 Å². The quantitative estimate of drug-likeness (QED) is 0.858. The third-order valence-electron chi connectivity index (χ3n) is 4.01. The Morgan fingerprint density at radius 3 is 2.62 bits per heavy atom. The first kappa shape index (κ1) is 16.3. The summed E-state index contributed by atoms with van der Waals surface area (Å²) in [5.74, 6) is 1.19. The lowest BCUT2D eigenvalue weighted by atomic mass is 10.0. The van der Waals surface area contributed by atoms with Crippen LogP contribution in [0.25, 0.3) is 0 Å². The Kier molecular flexibility index (Phi) is 4.94. The average molecular weight is 311 g/mol. The first-order valence-electron chi connectivity index (χ1n) is 7.60. The Labute approximate surface area is 128 Å². The fourth-order valence-electron chi connectivity index (χ4n) is 2.86. The highest BCUT2D eigenvalue weighted by Crippen LogP contribution is 2.30. The monoisotopic (exact) mass is 311 g/mol. The standard InChI is InChI=1S/C16H25NO3S/c1-5-20-15-9-14(4)16(10-13(15)3)21(18,19)17-8-6-7-12(2)11-17/h9-10,12H,5-8,11H2,1-4H3/t12-/m0/s1. The summed E-state index contributed by atoms with van der Waals surface area (Å²) in [6.45, 7) is 9.58. The van der Waals surface area contributed by atoms with Gasteiger partial charge in [0.25, 0.3) is 0 Å². The number of sulfonamides is 1. The molecule has 1 aromatic carbocycles. The van der Waals surface area contributed by atoms with Crippen LogP contribution in [0.5, 0.6) is 5.75 Å². The molecule has 0 unspecified atom stereocenters. The summed E-state index contributed by atoms with van der Waals surface area (Å²) in [5.41, 5.74) is 1.62. The van der Waals surface area contributed by atoms with Gasteiger partial charge in [-0.05, 0) is 62.8 Å². The lowest BCUT2D eigenvalue weighted by Crippen LogP contribution is -2.39. The van der Waals surface area contributed by atoms with Gasteiger partial charge in [-0.25, -0.2) is 8.42 Å². The largest absolute Gasteiger partial charge is 0.494 e. The third-order valence-corrected chi connectivity index (χ3v) is 6.02. The predicted molar refractivity (Wildman–Crippen MR) is 84.2 cm³/mol. The van der Waals surface area contributed by atoms with Crippen LogP contribution in [0.1, 0.15) is 37.8 Å². The summed E-state index contributed by atoms with van der Waals surface area (Å²) in [6, 6.07) is 3.58. The molecule has 2 rings (SSSR count). The number of hydrogen-bond donors (Lipinski definition) is 0. The highest BCUT2D eigenvalue weighted by atomic mass is 32.2. The lowest BCUT2D eigenvalue weighted by Gasteiger charge is -2.30. The van der Waals surface area contributed by atoms with Crippen LogP contribution in [0.15, 0.2) is 17.0 Å². The maximum absolute atomic E-state index is 12.9. The highest BCUT2D eigenvalue weighted by Gasteiger charge is 2.30. The fourth-order valence-corrected chi connectivity index (χ4v) is 4.75. The van der Waals surface area contributed by atoms with E-state index in [1.165, 1.54) is 0 Å². The highest BCUT2D eigenvalue weighted by molar-refractivity contribution is 7.89. The minimum Gasteiger partial charge on any atom is -0.494 e. The number of hydrogen-bond acceptors (Lipinski definition) is 3. The van der Waals surface area contributed by atoms with Gasteiger partial charge in [0.2, 0.25) is 10.0 Å². The normalized spacial score (nSPS) is 20.5. The van der Waals surface area contributed by atoms with Gasteiger partial charge in [0.1, 0.15) is 5.75 Å². The molecule has 1 aromatic rings. The van der Waals surface area contributed by atoms with Crippen molar-refractivity contribution < 1.29 is 13.2 Å². The molecule has 5 heteroatoms. The van der Waals surface area contributed by atoms with Gasteiger partial charge in [0.15, 0.2) is 0 Å². The van der Waals surface area contributed by atoms with Gasteiger partial charge in [0.05, 0.1) is 11.5 Å². The predicted octanol–water partition coefficient (Wildman–Crippen LogP) is 3.12. The van der Waals surface area contributed by atoms with Gasteiger partial charge in [-0.2, -0.15) is 4.31 Å². The molecule has 21 heavy (non-hydrogen) atoms. The van der Waals surface area contributed by atoms with E-state index in [-0.39, 0.29) is 0 Å². The molecular weight excluding hydrogens is 286 g/mol. The molecule has 0 N–H and O–H groups in total. The third kappa shape index (κ3) is 3.40. The molecule has 1 heterocycles. The summed E-state index contributed by atoms with van der Waals surface area (Å²) in [7, 11) is -3.40. The van der Waals surface area contributed by atoms with Crippen LogP contribution < -0.4 is 4.74 Å². The Bertz CT molecular complexity index is 610. The molecule has 0 radical (unpaired) electrons. The second-order valence-electron chi connectivity index (χ2n) is 5.93. The van der Waals surface area contributed by atoms with Crippen LogP contribution in [0.2, 0.25) is 0 Å². The molecule has 1 fully saturated rings. The van der Waals surface area contributed by atoms with Crippen LogP contribution in [0.3, 0.4) is 0 Å². The minimum absolute atomic E-state index is 0.414. The smallest absolute Gasteiger partial charge is 0.243 e. The molecule has 0 spiro atoms. The zero-order valence-corrected chi connectivity index (χ0v) is 14.2. The van der Waals surface area contributed by atoms with E-state index in [2.05, 4.69) is 6.92 Å². The maximum Gasteiger partial charge on any atom is 0.243 e. The second kappa shape index (κ2) is 6.36. The molecule has 1 aliphatic heterocycles. The van der Waals surface area contributed by atoms with E-state index < -0.39 is 10.0 Å². The van der Waals surface area contributed by atoms with Gasteiger partial charge in [-0.3, -0.25) is 0 Å². The van der Waals surface area contributed by atoms with Crippen LogP contribution in [0.4, 0.5) is 0 Å². The van der Waals surface area contributed by atoms with Gasteiger partial charge in [0, 0.05) is 13.1 Å². The van der Waals surface area contributed by atoms with Gasteiger partial charge in [-0.15, -0.1) is 0 Å². The van der Waals surface area contributed by atoms with E-state index in [1.54, 1.807) is 10.4 Å². The zero-order chi connectivity index (χ0) is 15.6. The summed E-state index contributed by atoms with van der Waals surface area (Å²) >= 11 is 0. The summed E-state index contributed by atoms with van der Waals surface area (Å²) < 4.78 is 32.9. The minimum atomic E-state index is -3.40. The summed E-state index contributed by atoms with van der Waals surface area (Å²) in [4.78, 5) is 0.414. The number of benzene rings is 1. The molecule has 0 aromatic heterocycles. The van der Waals surface area contributed by atoms with Crippen molar-refractivity contribution in [3.63, 3.8) is 0 Å². The van der Waals surface area contributed by atoms with Crippen LogP contribution >= 0.6 is 0 Å². The van der Waals surface area contributed by atoms with E-state index >= 15 is 0 Å². The molecule has 4 nitrogen and oxygen atoms in total. The van der Waals surface area contributed by atoms with Crippen LogP contribution in [-0.2, 0) is 10.0 Å². The lowest BCUT2D eigenvalue weighted by molar-refractivity contribution is 0.281. The molecule has 1 aliphatic rings. The van der Waals surface area contributed by atoms with E-state index in [4.69, 9.17) is 4.74 Å². The van der Waals surface area contributed by atoms with Crippen molar-refractivity contribution in [2.75, 3.05) is 19.7 Å². The Morgan fingerprint density at radius 1 is 1.29 bits per heavy atom. The van der Waals surface area contributed by atoms with Crippen molar-refractivity contribution in [3.05, 3.63) is 23.3 Å². The van der Waals surface area contributed by atoms with Crippen LogP contribution in [0, 0.1) is 19.8 Å². The Morgan fingerprint density at radius 2 is 2.00 bits per heavy atom. The number of rotatable bonds is 4. The zero-order valence-electron chi connectivity index (χ0n) is 13.3. The van der Waals surface area contributed by atoms with Gasteiger partial charge < -0.3 is 4.74 Å². The van der Waals surface area contributed by atoms with Crippen molar-refractivity contribution in [1.82, 2.24) is 4.31 Å². The SMILES string of the molecule is CCOc1cc(C)c(S(=O)(=O)N2CCC[C@H](C)C2)cc1C. The Hall–Kier alpha value is -1.07. The van der Waals surface area contributed by atoms with Gasteiger partial charge >= 0.3 is 0 Å². The van der Waals surface area contributed by atoms with Crippen molar-refractivity contribution in [2.45, 2.75) is 45.4 Å². The van der Waals surface area contributed by atoms with E-state index in [0.29, 0.717) is 30.5 Å². The van der Waals surface area contributed by atoms with E-state index in [1.807, 2.05) is 26.8 Å². The Balaban J connectivity index is 2.38. The van der Waals surface area contributed by atoms with E-state index in [9.17, 15) is 8.42 Å². The molecule has 0 bridgehead atoms. The van der Waals surface area contributed by atoms with Gasteiger partial charge in [-0.1, -0.05) is 6.92 Å². The van der Waals surface area contributed by atoms with E-state index in [0.717, 1.165) is 29.7 Å². The number of piperidine rings is 1. The summed E-state index contributed by atoms with van der Waals surface area (Å²) in [6.07, 6.45) is 2.04.